The Morgan fingerprint density at radius 3 is 2.59 bits per heavy atom. The van der Waals surface area contributed by atoms with Gasteiger partial charge in [-0.05, 0) is 31.0 Å². The SMILES string of the molecule is O=S(=O)(c1cccc(O)c1)N(CCO)C1CC1. The number of sulfonamides is 1. The third kappa shape index (κ3) is 2.59. The van der Waals surface area contributed by atoms with E-state index in [9.17, 15) is 13.5 Å². The van der Waals surface area contributed by atoms with Crippen molar-refractivity contribution in [3.8, 4) is 5.75 Å². The van der Waals surface area contributed by atoms with E-state index in [0.29, 0.717) is 0 Å². The van der Waals surface area contributed by atoms with E-state index in [4.69, 9.17) is 5.11 Å². The summed E-state index contributed by atoms with van der Waals surface area (Å²) in [6, 6.07) is 5.58. The van der Waals surface area contributed by atoms with E-state index in [0.717, 1.165) is 12.8 Å². The molecule has 0 amide bonds. The Bertz CT molecular complexity index is 496. The molecule has 17 heavy (non-hydrogen) atoms. The fourth-order valence-corrected chi connectivity index (χ4v) is 3.46. The van der Waals surface area contributed by atoms with Crippen LogP contribution < -0.4 is 0 Å². The van der Waals surface area contributed by atoms with E-state index in [1.807, 2.05) is 0 Å². The Morgan fingerprint density at radius 1 is 1.35 bits per heavy atom. The van der Waals surface area contributed by atoms with Crippen molar-refractivity contribution in [1.82, 2.24) is 4.31 Å². The van der Waals surface area contributed by atoms with Gasteiger partial charge in [-0.3, -0.25) is 0 Å². The summed E-state index contributed by atoms with van der Waals surface area (Å²) in [5.74, 6) is -0.0779. The molecule has 1 saturated carbocycles. The monoisotopic (exact) mass is 257 g/mol. The molecule has 94 valence electrons. The van der Waals surface area contributed by atoms with Crippen molar-refractivity contribution < 1.29 is 18.6 Å². The molecular weight excluding hydrogens is 242 g/mol. The second kappa shape index (κ2) is 4.64. The van der Waals surface area contributed by atoms with E-state index in [-0.39, 0.29) is 29.8 Å². The molecular formula is C11H15NO4S. The van der Waals surface area contributed by atoms with Gasteiger partial charge in [0.2, 0.25) is 10.0 Å². The van der Waals surface area contributed by atoms with Gasteiger partial charge in [-0.25, -0.2) is 8.42 Å². The zero-order valence-corrected chi connectivity index (χ0v) is 10.1. The number of hydrogen-bond acceptors (Lipinski definition) is 4. The minimum atomic E-state index is -3.61. The summed E-state index contributed by atoms with van der Waals surface area (Å²) in [4.78, 5) is 0.0675. The van der Waals surface area contributed by atoms with Gasteiger partial charge in [0.25, 0.3) is 0 Å². The fraction of sp³-hybridized carbons (Fsp3) is 0.455. The first-order chi connectivity index (χ1) is 8.05. The van der Waals surface area contributed by atoms with Crippen LogP contribution in [-0.4, -0.2) is 42.1 Å². The average Bonchev–Trinajstić information content (AvgIpc) is 3.09. The molecule has 2 rings (SSSR count). The maximum atomic E-state index is 12.3. The van der Waals surface area contributed by atoms with Crippen LogP contribution in [0.1, 0.15) is 12.8 Å². The molecule has 0 spiro atoms. The molecule has 0 unspecified atom stereocenters. The van der Waals surface area contributed by atoms with Crippen molar-refractivity contribution in [2.45, 2.75) is 23.8 Å². The number of rotatable bonds is 5. The van der Waals surface area contributed by atoms with Crippen molar-refractivity contribution in [3.05, 3.63) is 24.3 Å². The summed E-state index contributed by atoms with van der Waals surface area (Å²) >= 11 is 0. The summed E-state index contributed by atoms with van der Waals surface area (Å²) in [5, 5.41) is 18.2. The van der Waals surface area contributed by atoms with E-state index >= 15 is 0 Å². The molecule has 1 aliphatic rings. The van der Waals surface area contributed by atoms with E-state index in [1.165, 1.54) is 28.6 Å². The number of hydrogen-bond donors (Lipinski definition) is 2. The zero-order chi connectivity index (χ0) is 12.5. The van der Waals surface area contributed by atoms with Gasteiger partial charge < -0.3 is 10.2 Å². The number of benzene rings is 1. The van der Waals surface area contributed by atoms with Crippen molar-refractivity contribution in [3.63, 3.8) is 0 Å². The lowest BCUT2D eigenvalue weighted by Crippen LogP contribution is -2.35. The topological polar surface area (TPSA) is 77.8 Å². The van der Waals surface area contributed by atoms with Gasteiger partial charge in [0.1, 0.15) is 5.75 Å². The van der Waals surface area contributed by atoms with Gasteiger partial charge in [0, 0.05) is 12.6 Å². The van der Waals surface area contributed by atoms with Crippen LogP contribution in [0.15, 0.2) is 29.2 Å². The van der Waals surface area contributed by atoms with Crippen LogP contribution in [0.2, 0.25) is 0 Å². The predicted octanol–water partition coefficient (Wildman–Crippen LogP) is 0.538. The van der Waals surface area contributed by atoms with Gasteiger partial charge in [-0.15, -0.1) is 0 Å². The highest BCUT2D eigenvalue weighted by molar-refractivity contribution is 7.89. The summed E-state index contributed by atoms with van der Waals surface area (Å²) in [7, 11) is -3.61. The summed E-state index contributed by atoms with van der Waals surface area (Å²) in [6.45, 7) is -0.1000. The van der Waals surface area contributed by atoms with E-state index in [2.05, 4.69) is 0 Å². The molecule has 1 aromatic carbocycles. The number of aromatic hydroxyl groups is 1. The minimum Gasteiger partial charge on any atom is -0.508 e. The summed E-state index contributed by atoms with van der Waals surface area (Å²) in [5.41, 5.74) is 0. The maximum Gasteiger partial charge on any atom is 0.243 e. The molecule has 0 radical (unpaired) electrons. The number of aliphatic hydroxyl groups excluding tert-OH is 1. The lowest BCUT2D eigenvalue weighted by Gasteiger charge is -2.20. The molecule has 1 fully saturated rings. The van der Waals surface area contributed by atoms with Gasteiger partial charge in [0.15, 0.2) is 0 Å². The van der Waals surface area contributed by atoms with E-state index < -0.39 is 10.0 Å². The van der Waals surface area contributed by atoms with Crippen LogP contribution in [0.5, 0.6) is 5.75 Å². The Hall–Kier alpha value is -1.11. The Kier molecular flexibility index (Phi) is 3.37. The molecule has 0 atom stereocenters. The van der Waals surface area contributed by atoms with Gasteiger partial charge in [-0.2, -0.15) is 4.31 Å². The molecule has 1 aromatic rings. The molecule has 1 aliphatic carbocycles. The Balaban J connectivity index is 2.33. The van der Waals surface area contributed by atoms with Gasteiger partial charge >= 0.3 is 0 Å². The first-order valence-corrected chi connectivity index (χ1v) is 6.91. The lowest BCUT2D eigenvalue weighted by atomic mass is 10.3. The van der Waals surface area contributed by atoms with Crippen LogP contribution in [0.25, 0.3) is 0 Å². The van der Waals surface area contributed by atoms with Crippen LogP contribution in [0.3, 0.4) is 0 Å². The zero-order valence-electron chi connectivity index (χ0n) is 9.28. The van der Waals surface area contributed by atoms with Crippen molar-refractivity contribution in [2.75, 3.05) is 13.2 Å². The second-order valence-corrected chi connectivity index (χ2v) is 5.96. The van der Waals surface area contributed by atoms with E-state index in [1.54, 1.807) is 0 Å². The van der Waals surface area contributed by atoms with Crippen LogP contribution >= 0.6 is 0 Å². The van der Waals surface area contributed by atoms with Crippen molar-refractivity contribution in [1.29, 1.82) is 0 Å². The fourth-order valence-electron chi connectivity index (χ4n) is 1.74. The highest BCUT2D eigenvalue weighted by atomic mass is 32.2. The molecule has 0 aromatic heterocycles. The lowest BCUT2D eigenvalue weighted by molar-refractivity contribution is 0.250. The first-order valence-electron chi connectivity index (χ1n) is 5.47. The Morgan fingerprint density at radius 2 is 2.06 bits per heavy atom. The van der Waals surface area contributed by atoms with Gasteiger partial charge in [-0.1, -0.05) is 6.07 Å². The standard InChI is InChI=1S/C11H15NO4S/c13-7-6-12(9-4-5-9)17(15,16)11-3-1-2-10(14)8-11/h1-3,8-9,13-14H,4-7H2. The quantitative estimate of drug-likeness (QED) is 0.807. The largest absolute Gasteiger partial charge is 0.508 e. The van der Waals surface area contributed by atoms with Crippen LogP contribution in [-0.2, 0) is 10.0 Å². The van der Waals surface area contributed by atoms with Crippen LogP contribution in [0.4, 0.5) is 0 Å². The highest BCUT2D eigenvalue weighted by Crippen LogP contribution is 2.32. The minimum absolute atomic E-state index is 0.00509. The molecule has 5 nitrogen and oxygen atoms in total. The van der Waals surface area contributed by atoms with Crippen LogP contribution in [0, 0.1) is 0 Å². The molecule has 0 aliphatic heterocycles. The molecule has 0 heterocycles. The normalized spacial score (nSPS) is 16.4. The second-order valence-electron chi connectivity index (χ2n) is 4.07. The van der Waals surface area contributed by atoms with Gasteiger partial charge in [0.05, 0.1) is 11.5 Å². The van der Waals surface area contributed by atoms with Crippen molar-refractivity contribution >= 4 is 10.0 Å². The molecule has 0 bridgehead atoms. The Labute approximate surface area is 100 Å². The smallest absolute Gasteiger partial charge is 0.243 e. The average molecular weight is 257 g/mol. The molecule has 0 saturated heterocycles. The summed E-state index contributed by atoms with van der Waals surface area (Å²) in [6.07, 6.45) is 1.66. The molecule has 6 heteroatoms. The third-order valence-corrected chi connectivity index (χ3v) is 4.65. The highest BCUT2D eigenvalue weighted by Gasteiger charge is 2.37. The summed E-state index contributed by atoms with van der Waals surface area (Å²) < 4.78 is 25.8. The number of nitrogens with zero attached hydrogens (tertiary/aromatic N) is 1. The first kappa shape index (κ1) is 12.3. The van der Waals surface area contributed by atoms with Crippen molar-refractivity contribution in [2.24, 2.45) is 0 Å². The third-order valence-electron chi connectivity index (χ3n) is 2.70. The number of phenolic OH excluding ortho intramolecular Hbond substituents is 1. The number of phenols is 1. The predicted molar refractivity (Wildman–Crippen MR) is 62.1 cm³/mol. The molecule has 2 N–H and O–H groups in total. The maximum absolute atomic E-state index is 12.3. The number of aliphatic hydroxyl groups is 1.